The van der Waals surface area contributed by atoms with Crippen molar-refractivity contribution in [1.82, 2.24) is 10.0 Å². The SMILES string of the molecule is CNCCOc1ccc(S(=O)(=O)NCC2CCCO2)cc1. The molecule has 0 saturated carbocycles. The van der Waals surface area contributed by atoms with Crippen LogP contribution in [0.25, 0.3) is 0 Å². The Morgan fingerprint density at radius 2 is 2.10 bits per heavy atom. The highest BCUT2D eigenvalue weighted by Crippen LogP contribution is 2.17. The summed E-state index contributed by atoms with van der Waals surface area (Å²) in [6.07, 6.45) is 1.88. The molecule has 2 N–H and O–H groups in total. The lowest BCUT2D eigenvalue weighted by molar-refractivity contribution is 0.114. The molecule has 1 fully saturated rings. The second-order valence-corrected chi connectivity index (χ2v) is 6.68. The molecule has 0 aliphatic carbocycles. The highest BCUT2D eigenvalue weighted by molar-refractivity contribution is 7.89. The monoisotopic (exact) mass is 314 g/mol. The fourth-order valence-corrected chi connectivity index (χ4v) is 3.14. The zero-order valence-corrected chi connectivity index (χ0v) is 13.0. The number of ether oxygens (including phenoxy) is 2. The summed E-state index contributed by atoms with van der Waals surface area (Å²) in [4.78, 5) is 0.237. The van der Waals surface area contributed by atoms with Crippen LogP contribution in [0.1, 0.15) is 12.8 Å². The Kier molecular flexibility index (Phi) is 5.98. The van der Waals surface area contributed by atoms with Gasteiger partial charge in [-0.1, -0.05) is 0 Å². The Bertz CT molecular complexity index is 524. The van der Waals surface area contributed by atoms with Crippen molar-refractivity contribution >= 4 is 10.0 Å². The van der Waals surface area contributed by atoms with Gasteiger partial charge in [-0.3, -0.25) is 0 Å². The highest BCUT2D eigenvalue weighted by atomic mass is 32.2. The highest BCUT2D eigenvalue weighted by Gasteiger charge is 2.20. The number of hydrogen-bond donors (Lipinski definition) is 2. The molecule has 6 nitrogen and oxygen atoms in total. The van der Waals surface area contributed by atoms with E-state index in [0.717, 1.165) is 19.4 Å². The number of rotatable bonds is 8. The molecule has 7 heteroatoms. The van der Waals surface area contributed by atoms with E-state index in [1.54, 1.807) is 24.3 Å². The average molecular weight is 314 g/mol. The second kappa shape index (κ2) is 7.74. The van der Waals surface area contributed by atoms with Gasteiger partial charge in [0.25, 0.3) is 0 Å². The predicted molar refractivity (Wildman–Crippen MR) is 80.0 cm³/mol. The zero-order chi connectivity index (χ0) is 15.1. The Morgan fingerprint density at radius 1 is 1.33 bits per heavy atom. The fraction of sp³-hybridized carbons (Fsp3) is 0.571. The van der Waals surface area contributed by atoms with Gasteiger partial charge >= 0.3 is 0 Å². The lowest BCUT2D eigenvalue weighted by atomic mass is 10.2. The van der Waals surface area contributed by atoms with Gasteiger partial charge in [0, 0.05) is 19.7 Å². The maximum absolute atomic E-state index is 12.1. The lowest BCUT2D eigenvalue weighted by Crippen LogP contribution is -2.31. The molecule has 1 aliphatic rings. The second-order valence-electron chi connectivity index (χ2n) is 4.91. The number of nitrogens with one attached hydrogen (secondary N) is 2. The van der Waals surface area contributed by atoms with Crippen LogP contribution in [-0.2, 0) is 14.8 Å². The summed E-state index contributed by atoms with van der Waals surface area (Å²) in [5.74, 6) is 0.656. The smallest absolute Gasteiger partial charge is 0.240 e. The van der Waals surface area contributed by atoms with E-state index in [1.165, 1.54) is 0 Å². The minimum absolute atomic E-state index is 0.0103. The van der Waals surface area contributed by atoms with Crippen LogP contribution in [0.5, 0.6) is 5.75 Å². The van der Waals surface area contributed by atoms with E-state index in [2.05, 4.69) is 10.0 Å². The predicted octanol–water partition coefficient (Wildman–Crippen LogP) is 0.742. The van der Waals surface area contributed by atoms with Crippen molar-refractivity contribution in [3.63, 3.8) is 0 Å². The number of likely N-dealkylation sites (N-methyl/N-ethyl adjacent to an activating group) is 1. The Morgan fingerprint density at radius 3 is 2.71 bits per heavy atom. The third-order valence-corrected chi connectivity index (χ3v) is 4.72. The molecule has 0 radical (unpaired) electrons. The largest absolute Gasteiger partial charge is 0.492 e. The lowest BCUT2D eigenvalue weighted by Gasteiger charge is -2.12. The maximum Gasteiger partial charge on any atom is 0.240 e. The van der Waals surface area contributed by atoms with Crippen LogP contribution in [0.4, 0.5) is 0 Å². The van der Waals surface area contributed by atoms with Gasteiger partial charge in [-0.15, -0.1) is 0 Å². The first kappa shape index (κ1) is 16.2. The Balaban J connectivity index is 1.89. The molecule has 21 heavy (non-hydrogen) atoms. The van der Waals surface area contributed by atoms with Crippen molar-refractivity contribution in [2.75, 3.05) is 33.4 Å². The van der Waals surface area contributed by atoms with Gasteiger partial charge in [0.15, 0.2) is 0 Å². The fourth-order valence-electron chi connectivity index (χ4n) is 2.08. The molecule has 0 amide bonds. The van der Waals surface area contributed by atoms with E-state index < -0.39 is 10.0 Å². The van der Waals surface area contributed by atoms with Crippen LogP contribution in [0, 0.1) is 0 Å². The summed E-state index contributed by atoms with van der Waals surface area (Å²) in [7, 11) is -1.64. The normalized spacial score (nSPS) is 18.8. The third-order valence-electron chi connectivity index (χ3n) is 3.28. The zero-order valence-electron chi connectivity index (χ0n) is 12.2. The molecule has 2 rings (SSSR count). The van der Waals surface area contributed by atoms with E-state index in [0.29, 0.717) is 25.5 Å². The van der Waals surface area contributed by atoms with Crippen molar-refractivity contribution in [3.8, 4) is 5.75 Å². The van der Waals surface area contributed by atoms with Crippen LogP contribution in [0.3, 0.4) is 0 Å². The van der Waals surface area contributed by atoms with E-state index >= 15 is 0 Å². The molecule has 1 saturated heterocycles. The summed E-state index contributed by atoms with van der Waals surface area (Å²) in [6.45, 7) is 2.32. The number of sulfonamides is 1. The first-order valence-electron chi connectivity index (χ1n) is 7.10. The molecule has 1 aromatic rings. The van der Waals surface area contributed by atoms with Crippen molar-refractivity contribution in [3.05, 3.63) is 24.3 Å². The maximum atomic E-state index is 12.1. The molecule has 1 atom stereocenters. The van der Waals surface area contributed by atoms with Gasteiger partial charge in [-0.05, 0) is 44.2 Å². The summed E-state index contributed by atoms with van der Waals surface area (Å²) >= 11 is 0. The van der Waals surface area contributed by atoms with Gasteiger partial charge < -0.3 is 14.8 Å². The van der Waals surface area contributed by atoms with Crippen molar-refractivity contribution in [2.24, 2.45) is 0 Å². The molecular formula is C14H22N2O4S. The molecule has 1 unspecified atom stereocenters. The van der Waals surface area contributed by atoms with Gasteiger partial charge in [0.2, 0.25) is 10.0 Å². The van der Waals surface area contributed by atoms with Crippen LogP contribution in [0.15, 0.2) is 29.2 Å². The third kappa shape index (κ3) is 4.96. The summed E-state index contributed by atoms with van der Waals surface area (Å²) in [5, 5.41) is 2.97. The molecule has 1 heterocycles. The molecule has 1 aromatic carbocycles. The van der Waals surface area contributed by atoms with Crippen LogP contribution in [0.2, 0.25) is 0 Å². The van der Waals surface area contributed by atoms with E-state index in [-0.39, 0.29) is 11.0 Å². The van der Waals surface area contributed by atoms with E-state index in [9.17, 15) is 8.42 Å². The Labute approximate surface area is 125 Å². The first-order chi connectivity index (χ1) is 10.1. The summed E-state index contributed by atoms with van der Waals surface area (Å²) in [6, 6.07) is 6.42. The quantitative estimate of drug-likeness (QED) is 0.692. The first-order valence-corrected chi connectivity index (χ1v) is 8.59. The van der Waals surface area contributed by atoms with Crippen LogP contribution >= 0.6 is 0 Å². The standard InChI is InChI=1S/C14H22N2O4S/c1-15-8-10-20-12-4-6-14(7-5-12)21(17,18)16-11-13-3-2-9-19-13/h4-7,13,15-16H,2-3,8-11H2,1H3. The van der Waals surface area contributed by atoms with Crippen LogP contribution in [-0.4, -0.2) is 47.9 Å². The van der Waals surface area contributed by atoms with Gasteiger partial charge in [-0.25, -0.2) is 13.1 Å². The molecule has 118 valence electrons. The van der Waals surface area contributed by atoms with E-state index in [4.69, 9.17) is 9.47 Å². The van der Waals surface area contributed by atoms with Crippen LogP contribution < -0.4 is 14.8 Å². The molecule has 0 aromatic heterocycles. The van der Waals surface area contributed by atoms with Gasteiger partial charge in [-0.2, -0.15) is 0 Å². The minimum atomic E-state index is -3.49. The Hall–Kier alpha value is -1.15. The summed E-state index contributed by atoms with van der Waals surface area (Å²) < 4.78 is 37.7. The average Bonchev–Trinajstić information content (AvgIpc) is 3.00. The minimum Gasteiger partial charge on any atom is -0.492 e. The topological polar surface area (TPSA) is 76.7 Å². The van der Waals surface area contributed by atoms with Crippen molar-refractivity contribution < 1.29 is 17.9 Å². The molecular weight excluding hydrogens is 292 g/mol. The van der Waals surface area contributed by atoms with Crippen molar-refractivity contribution in [1.29, 1.82) is 0 Å². The van der Waals surface area contributed by atoms with E-state index in [1.807, 2.05) is 7.05 Å². The summed E-state index contributed by atoms with van der Waals surface area (Å²) in [5.41, 5.74) is 0. The molecule has 0 bridgehead atoms. The van der Waals surface area contributed by atoms with Gasteiger partial charge in [0.1, 0.15) is 12.4 Å². The molecule has 1 aliphatic heterocycles. The molecule has 0 spiro atoms. The van der Waals surface area contributed by atoms with Gasteiger partial charge in [0.05, 0.1) is 11.0 Å². The number of benzene rings is 1. The van der Waals surface area contributed by atoms with Crippen molar-refractivity contribution in [2.45, 2.75) is 23.8 Å². The number of hydrogen-bond acceptors (Lipinski definition) is 5.